The van der Waals surface area contributed by atoms with Gasteiger partial charge in [0, 0.05) is 43.7 Å². The largest absolute Gasteiger partial charge is 0.309 e. The predicted molar refractivity (Wildman–Crippen MR) is 240 cm³/mol. The van der Waals surface area contributed by atoms with Crippen molar-refractivity contribution in [3.05, 3.63) is 212 Å². The molecule has 3 aromatic heterocycles. The molecule has 0 aliphatic heterocycles. The summed E-state index contributed by atoms with van der Waals surface area (Å²) in [4.78, 5) is 0. The summed E-state index contributed by atoms with van der Waals surface area (Å²) >= 11 is 0. The van der Waals surface area contributed by atoms with Crippen LogP contribution in [0.4, 0.5) is 0 Å². The standard InChI is InChI=1S/C54H35N3/c1-3-16-36(17-4-1)38-32-39(37-18-5-2-6-19-37)34-41(33-38)56-50-27-13-10-23-45(50)47-24-15-29-52(54(47)56)57-51-28-14-9-22-44(51)46-31-30-40(35-53(46)57)55-48-25-11-7-20-42(48)43-21-8-12-26-49(43)55/h1-35H. The Labute approximate surface area is 329 Å². The fourth-order valence-corrected chi connectivity index (χ4v) is 9.34. The van der Waals surface area contributed by atoms with Gasteiger partial charge in [-0.25, -0.2) is 0 Å². The first kappa shape index (κ1) is 31.7. The van der Waals surface area contributed by atoms with Crippen LogP contribution in [0.1, 0.15) is 0 Å². The van der Waals surface area contributed by atoms with Crippen LogP contribution >= 0.6 is 0 Å². The third-order valence-electron chi connectivity index (χ3n) is 11.8. The highest BCUT2D eigenvalue weighted by Gasteiger charge is 2.22. The van der Waals surface area contributed by atoms with E-state index in [1.165, 1.54) is 87.7 Å². The molecule has 0 saturated heterocycles. The van der Waals surface area contributed by atoms with Crippen LogP contribution in [0.15, 0.2) is 212 Å². The van der Waals surface area contributed by atoms with Crippen molar-refractivity contribution < 1.29 is 0 Å². The van der Waals surface area contributed by atoms with Crippen molar-refractivity contribution in [1.29, 1.82) is 0 Å². The van der Waals surface area contributed by atoms with E-state index in [2.05, 4.69) is 226 Å². The van der Waals surface area contributed by atoms with Gasteiger partial charge in [0.05, 0.1) is 38.8 Å². The van der Waals surface area contributed by atoms with E-state index >= 15 is 0 Å². The highest BCUT2D eigenvalue weighted by atomic mass is 15.1. The second-order valence-corrected chi connectivity index (χ2v) is 15.0. The molecular formula is C54H35N3. The van der Waals surface area contributed by atoms with Crippen LogP contribution in [-0.4, -0.2) is 13.7 Å². The second-order valence-electron chi connectivity index (χ2n) is 15.0. The number of aromatic nitrogens is 3. The Kier molecular flexibility index (Phi) is 6.93. The van der Waals surface area contributed by atoms with Crippen LogP contribution in [0.25, 0.3) is 105 Å². The van der Waals surface area contributed by atoms with E-state index in [-0.39, 0.29) is 0 Å². The molecule has 0 aliphatic carbocycles. The quantitative estimate of drug-likeness (QED) is 0.168. The number of hydrogen-bond acceptors (Lipinski definition) is 0. The molecule has 12 rings (SSSR count). The van der Waals surface area contributed by atoms with Gasteiger partial charge in [0.25, 0.3) is 0 Å². The van der Waals surface area contributed by atoms with Crippen LogP contribution < -0.4 is 0 Å². The number of para-hydroxylation sites is 5. The van der Waals surface area contributed by atoms with Crippen LogP contribution in [-0.2, 0) is 0 Å². The molecule has 0 unspecified atom stereocenters. The highest BCUT2D eigenvalue weighted by molar-refractivity contribution is 6.16. The normalized spacial score (nSPS) is 11.9. The lowest BCUT2D eigenvalue weighted by Gasteiger charge is -2.17. The Bertz CT molecular complexity index is 3400. The van der Waals surface area contributed by atoms with Gasteiger partial charge in [-0.3, -0.25) is 0 Å². The molecule has 0 spiro atoms. The van der Waals surface area contributed by atoms with Crippen molar-refractivity contribution >= 4 is 65.4 Å². The van der Waals surface area contributed by atoms with E-state index in [0.29, 0.717) is 0 Å². The van der Waals surface area contributed by atoms with Crippen molar-refractivity contribution in [1.82, 2.24) is 13.7 Å². The topological polar surface area (TPSA) is 14.8 Å². The molecule has 12 aromatic rings. The minimum absolute atomic E-state index is 1.13. The summed E-state index contributed by atoms with van der Waals surface area (Å²) in [7, 11) is 0. The van der Waals surface area contributed by atoms with Gasteiger partial charge in [-0.05, 0) is 82.9 Å². The molecule has 3 heteroatoms. The highest BCUT2D eigenvalue weighted by Crippen LogP contribution is 2.42. The van der Waals surface area contributed by atoms with E-state index in [9.17, 15) is 0 Å². The minimum atomic E-state index is 1.13. The third-order valence-corrected chi connectivity index (χ3v) is 11.8. The third kappa shape index (κ3) is 4.79. The van der Waals surface area contributed by atoms with E-state index in [1.807, 2.05) is 0 Å². The summed E-state index contributed by atoms with van der Waals surface area (Å²) in [5, 5.41) is 7.43. The van der Waals surface area contributed by atoms with Crippen molar-refractivity contribution in [2.75, 3.05) is 0 Å². The summed E-state index contributed by atoms with van der Waals surface area (Å²) in [5.41, 5.74) is 15.3. The summed E-state index contributed by atoms with van der Waals surface area (Å²) in [6.45, 7) is 0. The molecule has 0 radical (unpaired) electrons. The maximum absolute atomic E-state index is 2.50. The van der Waals surface area contributed by atoms with Gasteiger partial charge in [-0.1, -0.05) is 152 Å². The van der Waals surface area contributed by atoms with E-state index in [4.69, 9.17) is 0 Å². The molecule has 3 heterocycles. The van der Waals surface area contributed by atoms with Gasteiger partial charge in [0.15, 0.2) is 0 Å². The first-order chi connectivity index (χ1) is 28.3. The average Bonchev–Trinajstić information content (AvgIpc) is 3.92. The minimum Gasteiger partial charge on any atom is -0.309 e. The predicted octanol–water partition coefficient (Wildman–Crippen LogP) is 14.3. The number of hydrogen-bond donors (Lipinski definition) is 0. The summed E-state index contributed by atoms with van der Waals surface area (Å²) in [5.74, 6) is 0. The van der Waals surface area contributed by atoms with Gasteiger partial charge < -0.3 is 13.7 Å². The Morgan fingerprint density at radius 1 is 0.228 bits per heavy atom. The first-order valence-electron chi connectivity index (χ1n) is 19.6. The molecule has 0 saturated carbocycles. The van der Waals surface area contributed by atoms with Gasteiger partial charge >= 0.3 is 0 Å². The number of benzene rings is 9. The SMILES string of the molecule is c1ccc(-c2cc(-c3ccccc3)cc(-n3c4ccccc4c4cccc(-n5c6ccccc6c6ccc(-n7c8ccccc8c8ccccc87)cc65)c43)c2)cc1. The molecule has 0 aliphatic rings. The fourth-order valence-electron chi connectivity index (χ4n) is 9.34. The molecular weight excluding hydrogens is 691 g/mol. The van der Waals surface area contributed by atoms with Crippen LogP contribution in [0, 0.1) is 0 Å². The Balaban J connectivity index is 1.19. The number of fused-ring (bicyclic) bond motifs is 9. The van der Waals surface area contributed by atoms with Gasteiger partial charge in [-0.15, -0.1) is 0 Å². The molecule has 0 N–H and O–H groups in total. The average molecular weight is 726 g/mol. The maximum Gasteiger partial charge on any atom is 0.0782 e. The second kappa shape index (κ2) is 12.5. The Hall–Kier alpha value is -7.62. The summed E-state index contributed by atoms with van der Waals surface area (Å²) in [6.07, 6.45) is 0. The Morgan fingerprint density at radius 3 is 1.23 bits per heavy atom. The molecule has 0 amide bonds. The molecule has 0 atom stereocenters. The van der Waals surface area contributed by atoms with Crippen molar-refractivity contribution in [2.45, 2.75) is 0 Å². The van der Waals surface area contributed by atoms with Crippen molar-refractivity contribution in [3.8, 4) is 39.3 Å². The van der Waals surface area contributed by atoms with Crippen LogP contribution in [0.5, 0.6) is 0 Å². The van der Waals surface area contributed by atoms with E-state index in [1.54, 1.807) is 0 Å². The number of rotatable bonds is 5. The van der Waals surface area contributed by atoms with Gasteiger partial charge in [-0.2, -0.15) is 0 Å². The van der Waals surface area contributed by atoms with Gasteiger partial charge in [0.2, 0.25) is 0 Å². The van der Waals surface area contributed by atoms with E-state index < -0.39 is 0 Å². The lowest BCUT2D eigenvalue weighted by atomic mass is 9.98. The zero-order valence-electron chi connectivity index (χ0n) is 31.0. The van der Waals surface area contributed by atoms with Gasteiger partial charge in [0.1, 0.15) is 0 Å². The fraction of sp³-hybridized carbons (Fsp3) is 0. The molecule has 0 fully saturated rings. The smallest absolute Gasteiger partial charge is 0.0782 e. The maximum atomic E-state index is 2.50. The molecule has 9 aromatic carbocycles. The van der Waals surface area contributed by atoms with Crippen LogP contribution in [0.3, 0.4) is 0 Å². The van der Waals surface area contributed by atoms with Crippen molar-refractivity contribution in [3.63, 3.8) is 0 Å². The lowest BCUT2D eigenvalue weighted by molar-refractivity contribution is 1.13. The van der Waals surface area contributed by atoms with E-state index in [0.717, 1.165) is 17.1 Å². The molecule has 3 nitrogen and oxygen atoms in total. The summed E-state index contributed by atoms with van der Waals surface area (Å²) < 4.78 is 7.42. The lowest BCUT2D eigenvalue weighted by Crippen LogP contribution is -2.02. The molecule has 0 bridgehead atoms. The number of nitrogens with zero attached hydrogens (tertiary/aromatic N) is 3. The van der Waals surface area contributed by atoms with Crippen molar-refractivity contribution in [2.24, 2.45) is 0 Å². The zero-order chi connectivity index (χ0) is 37.5. The zero-order valence-corrected chi connectivity index (χ0v) is 31.0. The summed E-state index contributed by atoms with van der Waals surface area (Å²) in [6, 6.07) is 77.6. The monoisotopic (exact) mass is 725 g/mol. The first-order valence-corrected chi connectivity index (χ1v) is 19.6. The van der Waals surface area contributed by atoms with Crippen LogP contribution in [0.2, 0.25) is 0 Å². The molecule has 266 valence electrons. The molecule has 57 heavy (non-hydrogen) atoms. The Morgan fingerprint density at radius 2 is 0.667 bits per heavy atom.